The first-order valence-corrected chi connectivity index (χ1v) is 11.0. The molecule has 1 fully saturated rings. The number of nitrogens with zero attached hydrogens (tertiary/aromatic N) is 1. The van der Waals surface area contributed by atoms with Gasteiger partial charge in [0.1, 0.15) is 0 Å². The van der Waals surface area contributed by atoms with Crippen molar-refractivity contribution in [2.45, 2.75) is 26.2 Å². The van der Waals surface area contributed by atoms with Crippen LogP contribution < -0.4 is 16.0 Å². The van der Waals surface area contributed by atoms with Gasteiger partial charge in [-0.3, -0.25) is 4.79 Å². The summed E-state index contributed by atoms with van der Waals surface area (Å²) in [5.74, 6) is -0.459. The first-order chi connectivity index (χ1) is 13.4. The average molecular weight is 409 g/mol. The predicted octanol–water partition coefficient (Wildman–Crippen LogP) is 2.38. The number of urea groups is 1. The van der Waals surface area contributed by atoms with Gasteiger partial charge in [-0.1, -0.05) is 13.0 Å². The maximum Gasteiger partial charge on any atom is 0.319 e. The molecule has 1 heterocycles. The van der Waals surface area contributed by atoms with Crippen molar-refractivity contribution in [2.75, 3.05) is 36.0 Å². The minimum absolute atomic E-state index is 0.107. The third-order valence-corrected chi connectivity index (χ3v) is 6.47. The van der Waals surface area contributed by atoms with E-state index in [-0.39, 0.29) is 30.2 Å². The third-order valence-electron chi connectivity index (χ3n) is 4.43. The van der Waals surface area contributed by atoms with Crippen molar-refractivity contribution in [3.8, 4) is 0 Å². The number of amides is 3. The molecule has 0 aliphatic carbocycles. The fourth-order valence-corrected chi connectivity index (χ4v) is 4.61. The highest BCUT2D eigenvalue weighted by Crippen LogP contribution is 2.22. The maximum atomic E-state index is 12.6. The summed E-state index contributed by atoms with van der Waals surface area (Å²) in [7, 11) is -3.30. The van der Waals surface area contributed by atoms with Crippen LogP contribution in [0.1, 0.15) is 26.2 Å². The first-order valence-electron chi connectivity index (χ1n) is 9.40. The molecule has 1 aromatic rings. The van der Waals surface area contributed by atoms with Gasteiger partial charge in [-0.05, 0) is 43.5 Å². The number of carbonyl (C=O) groups is 2. The zero-order chi connectivity index (χ0) is 20.6. The summed E-state index contributed by atoms with van der Waals surface area (Å²) in [4.78, 5) is 24.2. The highest BCUT2D eigenvalue weighted by molar-refractivity contribution is 7.89. The van der Waals surface area contributed by atoms with Gasteiger partial charge in [-0.2, -0.15) is 0 Å². The van der Waals surface area contributed by atoms with Crippen molar-refractivity contribution >= 4 is 33.3 Å². The Morgan fingerprint density at radius 1 is 1.21 bits per heavy atom. The Morgan fingerprint density at radius 3 is 2.46 bits per heavy atom. The van der Waals surface area contributed by atoms with Crippen molar-refractivity contribution in [1.29, 1.82) is 0 Å². The molecule has 0 aromatic heterocycles. The van der Waals surface area contributed by atoms with Crippen LogP contribution in [-0.2, 0) is 14.8 Å². The van der Waals surface area contributed by atoms with Crippen molar-refractivity contribution < 1.29 is 18.0 Å². The molecule has 0 radical (unpaired) electrons. The fraction of sp³-hybridized carbons (Fsp3) is 0.474. The molecule has 1 aliphatic heterocycles. The largest absolute Gasteiger partial charge is 0.334 e. The number of hydrogen-bond donors (Lipinski definition) is 3. The van der Waals surface area contributed by atoms with Crippen LogP contribution in [-0.4, -0.2) is 50.0 Å². The Balaban J connectivity index is 1.91. The highest BCUT2D eigenvalue weighted by Gasteiger charge is 2.31. The number of piperidine rings is 1. The van der Waals surface area contributed by atoms with Crippen molar-refractivity contribution in [3.63, 3.8) is 0 Å². The molecule has 9 heteroatoms. The van der Waals surface area contributed by atoms with Crippen LogP contribution in [0.3, 0.4) is 0 Å². The molecule has 1 saturated heterocycles. The van der Waals surface area contributed by atoms with Gasteiger partial charge in [0.15, 0.2) is 0 Å². The first kappa shape index (κ1) is 21.9. The molecule has 28 heavy (non-hydrogen) atoms. The van der Waals surface area contributed by atoms with E-state index in [1.54, 1.807) is 30.3 Å². The molecule has 3 N–H and O–H groups in total. The summed E-state index contributed by atoms with van der Waals surface area (Å²) in [5.41, 5.74) is 1.18. The molecule has 0 bridgehead atoms. The molecule has 154 valence electrons. The summed E-state index contributed by atoms with van der Waals surface area (Å²) in [6.45, 7) is 6.41. The van der Waals surface area contributed by atoms with Crippen LogP contribution in [0.15, 0.2) is 36.9 Å². The number of rotatable bonds is 8. The van der Waals surface area contributed by atoms with Gasteiger partial charge in [0, 0.05) is 31.0 Å². The lowest BCUT2D eigenvalue weighted by Crippen LogP contribution is -2.44. The molecule has 0 saturated carbocycles. The number of nitrogens with one attached hydrogen (secondary N) is 3. The number of carbonyl (C=O) groups excluding carboxylic acids is 2. The van der Waals surface area contributed by atoms with Gasteiger partial charge in [0.05, 0.1) is 11.7 Å². The van der Waals surface area contributed by atoms with Gasteiger partial charge >= 0.3 is 6.03 Å². The Hall–Kier alpha value is -2.39. The summed E-state index contributed by atoms with van der Waals surface area (Å²) in [6, 6.07) is 6.40. The molecule has 0 spiro atoms. The molecular weight excluding hydrogens is 380 g/mol. The van der Waals surface area contributed by atoms with Gasteiger partial charge in [-0.15, -0.1) is 6.58 Å². The quantitative estimate of drug-likeness (QED) is 0.574. The van der Waals surface area contributed by atoms with E-state index in [2.05, 4.69) is 22.5 Å². The van der Waals surface area contributed by atoms with E-state index in [0.717, 1.165) is 0 Å². The van der Waals surface area contributed by atoms with E-state index in [1.807, 2.05) is 6.92 Å². The fourth-order valence-electron chi connectivity index (χ4n) is 3.02. The van der Waals surface area contributed by atoms with E-state index in [4.69, 9.17) is 0 Å². The third kappa shape index (κ3) is 6.35. The van der Waals surface area contributed by atoms with Crippen molar-refractivity contribution in [1.82, 2.24) is 9.62 Å². The van der Waals surface area contributed by atoms with E-state index >= 15 is 0 Å². The zero-order valence-electron chi connectivity index (χ0n) is 16.1. The lowest BCUT2D eigenvalue weighted by atomic mass is 9.98. The molecular formula is C19H28N4O4S. The van der Waals surface area contributed by atoms with Crippen molar-refractivity contribution in [3.05, 3.63) is 36.9 Å². The Morgan fingerprint density at radius 2 is 1.86 bits per heavy atom. The number of sulfonamides is 1. The van der Waals surface area contributed by atoms with Gasteiger partial charge in [-0.25, -0.2) is 17.5 Å². The topological polar surface area (TPSA) is 108 Å². The molecule has 2 rings (SSSR count). The van der Waals surface area contributed by atoms with E-state index in [9.17, 15) is 18.0 Å². The standard InChI is InChI=1S/C19H28N4O4S/c1-3-11-20-19(25)22-17-9-7-16(8-10-17)21-18(24)15-6-5-12-23(14-15)28(26,27)13-4-2/h3,7-10,15H,1,4-6,11-14H2,2H3,(H,21,24)(H2,20,22,25). The van der Waals surface area contributed by atoms with Crippen LogP contribution in [0, 0.1) is 5.92 Å². The smallest absolute Gasteiger partial charge is 0.319 e. The predicted molar refractivity (Wildman–Crippen MR) is 111 cm³/mol. The zero-order valence-corrected chi connectivity index (χ0v) is 16.9. The Labute approximate surface area is 166 Å². The summed E-state index contributed by atoms with van der Waals surface area (Å²) < 4.78 is 25.9. The molecule has 1 atom stereocenters. The second kappa shape index (κ2) is 10.2. The molecule has 1 aliphatic rings. The Kier molecular flexibility index (Phi) is 8.01. The van der Waals surface area contributed by atoms with Crippen LogP contribution in [0.2, 0.25) is 0 Å². The van der Waals surface area contributed by atoms with Crippen LogP contribution in [0.25, 0.3) is 0 Å². The minimum atomic E-state index is -3.30. The molecule has 1 aromatic carbocycles. The lowest BCUT2D eigenvalue weighted by Gasteiger charge is -2.31. The van der Waals surface area contributed by atoms with Crippen LogP contribution in [0.4, 0.5) is 16.2 Å². The second-order valence-corrected chi connectivity index (χ2v) is 8.79. The number of anilines is 2. The second-order valence-electron chi connectivity index (χ2n) is 6.70. The van der Waals surface area contributed by atoms with E-state index < -0.39 is 10.0 Å². The lowest BCUT2D eigenvalue weighted by molar-refractivity contribution is -0.120. The highest BCUT2D eigenvalue weighted by atomic mass is 32.2. The van der Waals surface area contributed by atoms with E-state index in [0.29, 0.717) is 43.7 Å². The molecule has 8 nitrogen and oxygen atoms in total. The summed E-state index contributed by atoms with van der Waals surface area (Å²) in [5, 5.41) is 8.10. The normalized spacial score (nSPS) is 17.5. The van der Waals surface area contributed by atoms with Gasteiger partial charge in [0.2, 0.25) is 15.9 Å². The van der Waals surface area contributed by atoms with E-state index in [1.165, 1.54) is 4.31 Å². The monoisotopic (exact) mass is 408 g/mol. The minimum Gasteiger partial charge on any atom is -0.334 e. The maximum absolute atomic E-state index is 12.6. The number of hydrogen-bond acceptors (Lipinski definition) is 4. The van der Waals surface area contributed by atoms with Gasteiger partial charge < -0.3 is 16.0 Å². The Bertz CT molecular complexity index is 793. The van der Waals surface area contributed by atoms with Crippen LogP contribution in [0.5, 0.6) is 0 Å². The average Bonchev–Trinajstić information content (AvgIpc) is 2.68. The number of benzene rings is 1. The summed E-state index contributed by atoms with van der Waals surface area (Å²) >= 11 is 0. The summed E-state index contributed by atoms with van der Waals surface area (Å²) in [6.07, 6.45) is 3.47. The molecule has 1 unspecified atom stereocenters. The van der Waals surface area contributed by atoms with Crippen molar-refractivity contribution in [2.24, 2.45) is 5.92 Å². The van der Waals surface area contributed by atoms with Crippen LogP contribution >= 0.6 is 0 Å². The van der Waals surface area contributed by atoms with Gasteiger partial charge in [0.25, 0.3) is 0 Å². The SMILES string of the molecule is C=CCNC(=O)Nc1ccc(NC(=O)C2CCCN(S(=O)(=O)CCC)C2)cc1. The molecule has 3 amide bonds.